The van der Waals surface area contributed by atoms with E-state index in [0.29, 0.717) is 6.54 Å². The number of rotatable bonds is 5. The summed E-state index contributed by atoms with van der Waals surface area (Å²) in [5.74, 6) is 0. The molecule has 0 fully saturated rings. The first-order chi connectivity index (χ1) is 4.77. The van der Waals surface area contributed by atoms with Gasteiger partial charge < -0.3 is 16.4 Å². The molecule has 0 aliphatic rings. The molecule has 0 aliphatic heterocycles. The Morgan fingerprint density at radius 1 is 1.40 bits per heavy atom. The molecule has 0 aliphatic carbocycles. The second-order valence-electron chi connectivity index (χ2n) is 2.04. The SMILES string of the molecule is CCCNCCNC(N)=O. The van der Waals surface area contributed by atoms with Crippen LogP contribution in [-0.2, 0) is 0 Å². The third kappa shape index (κ3) is 7.23. The summed E-state index contributed by atoms with van der Waals surface area (Å²) in [5, 5.41) is 5.60. The van der Waals surface area contributed by atoms with Crippen molar-refractivity contribution in [1.82, 2.24) is 10.6 Å². The van der Waals surface area contributed by atoms with E-state index in [1.165, 1.54) is 0 Å². The zero-order valence-corrected chi connectivity index (χ0v) is 6.31. The average Bonchev–Trinajstić information content (AvgIpc) is 1.87. The first-order valence-electron chi connectivity index (χ1n) is 3.51. The van der Waals surface area contributed by atoms with E-state index in [1.807, 2.05) is 0 Å². The van der Waals surface area contributed by atoms with Crippen molar-refractivity contribution in [3.8, 4) is 0 Å². The summed E-state index contributed by atoms with van der Waals surface area (Å²) in [6, 6.07) is -0.460. The van der Waals surface area contributed by atoms with Crippen LogP contribution in [0.1, 0.15) is 13.3 Å². The molecular formula is C6H15N3O. The molecule has 0 rings (SSSR count). The number of primary amides is 1. The standard InChI is InChI=1S/C6H15N3O/c1-2-3-8-4-5-9-6(7)10/h8H,2-5H2,1H3,(H3,7,9,10). The number of hydrogen-bond acceptors (Lipinski definition) is 2. The van der Waals surface area contributed by atoms with Crippen LogP contribution in [0.15, 0.2) is 0 Å². The Kier molecular flexibility index (Phi) is 5.86. The summed E-state index contributed by atoms with van der Waals surface area (Å²) in [6.45, 7) is 4.47. The number of carbonyl (C=O) groups is 1. The third-order valence-electron chi connectivity index (χ3n) is 1.03. The van der Waals surface area contributed by atoms with Crippen molar-refractivity contribution in [3.63, 3.8) is 0 Å². The maximum atomic E-state index is 10.1. The first-order valence-corrected chi connectivity index (χ1v) is 3.51. The third-order valence-corrected chi connectivity index (χ3v) is 1.03. The molecule has 0 saturated heterocycles. The van der Waals surface area contributed by atoms with Gasteiger partial charge in [0.2, 0.25) is 0 Å². The maximum absolute atomic E-state index is 10.1. The van der Waals surface area contributed by atoms with Gasteiger partial charge in [-0.05, 0) is 13.0 Å². The first kappa shape index (κ1) is 9.23. The van der Waals surface area contributed by atoms with E-state index in [0.717, 1.165) is 19.5 Å². The van der Waals surface area contributed by atoms with Crippen molar-refractivity contribution in [2.45, 2.75) is 13.3 Å². The van der Waals surface area contributed by atoms with E-state index in [2.05, 4.69) is 17.6 Å². The molecule has 10 heavy (non-hydrogen) atoms. The molecule has 0 bridgehead atoms. The van der Waals surface area contributed by atoms with Gasteiger partial charge in [-0.25, -0.2) is 4.79 Å². The predicted molar refractivity (Wildman–Crippen MR) is 40.7 cm³/mol. The number of nitrogens with one attached hydrogen (secondary N) is 2. The molecule has 4 N–H and O–H groups in total. The van der Waals surface area contributed by atoms with Crippen LogP contribution in [0.3, 0.4) is 0 Å². The van der Waals surface area contributed by atoms with Crippen LogP contribution in [0.2, 0.25) is 0 Å². The van der Waals surface area contributed by atoms with Crippen LogP contribution < -0.4 is 16.4 Å². The van der Waals surface area contributed by atoms with E-state index in [9.17, 15) is 4.79 Å². The number of carbonyl (C=O) groups excluding carboxylic acids is 1. The fourth-order valence-electron chi connectivity index (χ4n) is 0.576. The zero-order valence-electron chi connectivity index (χ0n) is 6.31. The van der Waals surface area contributed by atoms with Crippen LogP contribution in [0.4, 0.5) is 4.79 Å². The minimum atomic E-state index is -0.460. The second kappa shape index (κ2) is 6.35. The molecule has 0 radical (unpaired) electrons. The highest BCUT2D eigenvalue weighted by Gasteiger charge is 1.88. The number of urea groups is 1. The summed E-state index contributed by atoms with van der Waals surface area (Å²) in [4.78, 5) is 10.1. The highest BCUT2D eigenvalue weighted by atomic mass is 16.2. The highest BCUT2D eigenvalue weighted by molar-refractivity contribution is 5.71. The number of nitrogens with two attached hydrogens (primary N) is 1. The van der Waals surface area contributed by atoms with Crippen molar-refractivity contribution in [2.75, 3.05) is 19.6 Å². The molecule has 2 amide bonds. The Labute approximate surface area is 61.2 Å². The summed E-state index contributed by atoms with van der Waals surface area (Å²) in [5.41, 5.74) is 4.83. The molecule has 0 aromatic carbocycles. The van der Waals surface area contributed by atoms with E-state index >= 15 is 0 Å². The smallest absolute Gasteiger partial charge is 0.312 e. The van der Waals surface area contributed by atoms with Gasteiger partial charge >= 0.3 is 6.03 Å². The molecule has 4 nitrogen and oxygen atoms in total. The van der Waals surface area contributed by atoms with Crippen LogP contribution in [0.25, 0.3) is 0 Å². The van der Waals surface area contributed by atoms with Crippen molar-refractivity contribution < 1.29 is 4.79 Å². The molecule has 0 aromatic rings. The second-order valence-corrected chi connectivity index (χ2v) is 2.04. The summed E-state index contributed by atoms with van der Waals surface area (Å²) in [6.07, 6.45) is 1.11. The van der Waals surface area contributed by atoms with E-state index in [1.54, 1.807) is 0 Å². The van der Waals surface area contributed by atoms with Gasteiger partial charge in [0.05, 0.1) is 0 Å². The molecule has 4 heteroatoms. The molecule has 0 unspecified atom stereocenters. The van der Waals surface area contributed by atoms with Gasteiger partial charge in [0.1, 0.15) is 0 Å². The van der Waals surface area contributed by atoms with E-state index in [4.69, 9.17) is 5.73 Å². The topological polar surface area (TPSA) is 67.2 Å². The van der Waals surface area contributed by atoms with Gasteiger partial charge in [-0.15, -0.1) is 0 Å². The van der Waals surface area contributed by atoms with Crippen LogP contribution in [0.5, 0.6) is 0 Å². The van der Waals surface area contributed by atoms with E-state index < -0.39 is 6.03 Å². The minimum Gasteiger partial charge on any atom is -0.352 e. The molecule has 60 valence electrons. The van der Waals surface area contributed by atoms with Crippen LogP contribution in [0, 0.1) is 0 Å². The monoisotopic (exact) mass is 145 g/mol. The molecule has 0 saturated carbocycles. The van der Waals surface area contributed by atoms with Crippen molar-refractivity contribution in [1.29, 1.82) is 0 Å². The lowest BCUT2D eigenvalue weighted by Gasteiger charge is -2.01. The summed E-state index contributed by atoms with van der Waals surface area (Å²) < 4.78 is 0. The Hall–Kier alpha value is -0.770. The quantitative estimate of drug-likeness (QED) is 0.463. The predicted octanol–water partition coefficient (Wildman–Crippen LogP) is -0.346. The van der Waals surface area contributed by atoms with Gasteiger partial charge in [0, 0.05) is 13.1 Å². The lowest BCUT2D eigenvalue weighted by molar-refractivity contribution is 0.249. The van der Waals surface area contributed by atoms with Crippen molar-refractivity contribution in [2.24, 2.45) is 5.73 Å². The minimum absolute atomic E-state index is 0.460. The molecule has 0 heterocycles. The van der Waals surface area contributed by atoms with Gasteiger partial charge in [-0.1, -0.05) is 6.92 Å². The average molecular weight is 145 g/mol. The lowest BCUT2D eigenvalue weighted by Crippen LogP contribution is -2.35. The van der Waals surface area contributed by atoms with Crippen molar-refractivity contribution >= 4 is 6.03 Å². The lowest BCUT2D eigenvalue weighted by atomic mass is 10.5. The number of hydrogen-bond donors (Lipinski definition) is 3. The molecular weight excluding hydrogens is 130 g/mol. The van der Waals surface area contributed by atoms with Gasteiger partial charge in [0.15, 0.2) is 0 Å². The van der Waals surface area contributed by atoms with Crippen molar-refractivity contribution in [3.05, 3.63) is 0 Å². The Bertz CT molecular complexity index is 95.0. The Morgan fingerprint density at radius 2 is 2.10 bits per heavy atom. The number of amides is 2. The largest absolute Gasteiger partial charge is 0.352 e. The summed E-state index contributed by atoms with van der Waals surface area (Å²) in [7, 11) is 0. The fraction of sp³-hybridized carbons (Fsp3) is 0.833. The fourth-order valence-corrected chi connectivity index (χ4v) is 0.576. The highest BCUT2D eigenvalue weighted by Crippen LogP contribution is 1.67. The molecule has 0 aromatic heterocycles. The Balaban J connectivity index is 2.84. The van der Waals surface area contributed by atoms with Gasteiger partial charge in [0.25, 0.3) is 0 Å². The normalized spacial score (nSPS) is 9.30. The zero-order chi connectivity index (χ0) is 7.82. The van der Waals surface area contributed by atoms with Gasteiger partial charge in [-0.2, -0.15) is 0 Å². The van der Waals surface area contributed by atoms with Crippen LogP contribution >= 0.6 is 0 Å². The molecule has 0 atom stereocenters. The van der Waals surface area contributed by atoms with Crippen LogP contribution in [-0.4, -0.2) is 25.7 Å². The van der Waals surface area contributed by atoms with E-state index in [-0.39, 0.29) is 0 Å². The molecule has 0 spiro atoms. The maximum Gasteiger partial charge on any atom is 0.312 e. The Morgan fingerprint density at radius 3 is 2.60 bits per heavy atom. The summed E-state index contributed by atoms with van der Waals surface area (Å²) >= 11 is 0. The van der Waals surface area contributed by atoms with Gasteiger partial charge in [-0.3, -0.25) is 0 Å².